The zero-order valence-corrected chi connectivity index (χ0v) is 23.6. The van der Waals surface area contributed by atoms with Crippen LogP contribution in [0.1, 0.15) is 89.3 Å². The number of nitrogens with one attached hydrogen (secondary N) is 1. The number of H-pyrrole nitrogens is 1. The van der Waals surface area contributed by atoms with Crippen LogP contribution in [-0.2, 0) is 18.4 Å². The molecule has 0 bridgehead atoms. The molecule has 2 aliphatic carbocycles. The Kier molecular flexibility index (Phi) is 5.84. The summed E-state index contributed by atoms with van der Waals surface area (Å²) in [7, 11) is 4.28. The highest BCUT2D eigenvalue weighted by molar-refractivity contribution is 6.00. The third-order valence-corrected chi connectivity index (χ3v) is 10.1. The van der Waals surface area contributed by atoms with Gasteiger partial charge in [-0.05, 0) is 97.9 Å². The standard InChI is InChI=1S/C31H40FN3O3/c1-17-13-18(2)33-28(36)23(17)15-35-16-31(11-12-31)25-24(29(35)37)19(3)27-22(26(25)32)14-30(4,38-27)20-7-9-21(10-8-20)34(5)6/h13,20-21H,7-12,14-16H2,1-6H3,(H,33,36). The minimum absolute atomic E-state index is 0.161. The van der Waals surface area contributed by atoms with Crippen molar-refractivity contribution in [3.63, 3.8) is 0 Å². The van der Waals surface area contributed by atoms with E-state index >= 15 is 4.39 Å². The lowest BCUT2D eigenvalue weighted by molar-refractivity contribution is 0.0157. The van der Waals surface area contributed by atoms with Crippen LogP contribution in [0, 0.1) is 32.5 Å². The molecule has 2 fully saturated rings. The molecule has 0 saturated heterocycles. The molecule has 204 valence electrons. The number of nitrogens with zero attached hydrogens (tertiary/aromatic N) is 2. The van der Waals surface area contributed by atoms with Crippen LogP contribution in [-0.4, -0.2) is 53.0 Å². The van der Waals surface area contributed by atoms with Crippen LogP contribution in [0.15, 0.2) is 10.9 Å². The number of hydrogen-bond acceptors (Lipinski definition) is 4. The fourth-order valence-electron chi connectivity index (χ4n) is 7.63. The van der Waals surface area contributed by atoms with Crippen molar-refractivity contribution in [2.24, 2.45) is 5.92 Å². The Labute approximate surface area is 224 Å². The molecule has 2 aliphatic heterocycles. The van der Waals surface area contributed by atoms with Gasteiger partial charge in [-0.25, -0.2) is 4.39 Å². The first-order valence-corrected chi connectivity index (χ1v) is 14.1. The Morgan fingerprint density at radius 1 is 1.13 bits per heavy atom. The lowest BCUT2D eigenvalue weighted by atomic mass is 9.74. The maximum atomic E-state index is 16.4. The lowest BCUT2D eigenvalue weighted by Crippen LogP contribution is -2.45. The van der Waals surface area contributed by atoms with Gasteiger partial charge in [-0.15, -0.1) is 0 Å². The fraction of sp³-hybridized carbons (Fsp3) is 0.613. The van der Waals surface area contributed by atoms with Crippen LogP contribution in [0.5, 0.6) is 5.75 Å². The predicted octanol–water partition coefficient (Wildman–Crippen LogP) is 4.94. The number of carbonyl (C=O) groups is 1. The molecule has 1 N–H and O–H groups in total. The number of ether oxygens (including phenoxy) is 1. The van der Waals surface area contributed by atoms with E-state index in [2.05, 4.69) is 30.9 Å². The molecule has 6 nitrogen and oxygen atoms in total. The topological polar surface area (TPSA) is 65.6 Å². The van der Waals surface area contributed by atoms with Crippen molar-refractivity contribution < 1.29 is 13.9 Å². The molecule has 2 saturated carbocycles. The minimum atomic E-state index is -0.457. The maximum Gasteiger partial charge on any atom is 0.255 e. The van der Waals surface area contributed by atoms with Crippen molar-refractivity contribution in [3.05, 3.63) is 61.3 Å². The van der Waals surface area contributed by atoms with Gasteiger partial charge in [0, 0.05) is 52.4 Å². The fourth-order valence-corrected chi connectivity index (χ4v) is 7.63. The molecule has 1 aromatic carbocycles. The summed E-state index contributed by atoms with van der Waals surface area (Å²) < 4.78 is 23.1. The second kappa shape index (κ2) is 8.67. The van der Waals surface area contributed by atoms with Crippen molar-refractivity contribution in [2.75, 3.05) is 20.6 Å². The molecular formula is C31H40FN3O3. The summed E-state index contributed by atoms with van der Waals surface area (Å²) >= 11 is 0. The van der Waals surface area contributed by atoms with E-state index < -0.39 is 5.60 Å². The van der Waals surface area contributed by atoms with E-state index in [9.17, 15) is 9.59 Å². The molecule has 4 aliphatic rings. The molecule has 0 radical (unpaired) electrons. The average Bonchev–Trinajstić information content (AvgIpc) is 3.53. The minimum Gasteiger partial charge on any atom is -0.486 e. The van der Waals surface area contributed by atoms with Crippen LogP contribution in [0.2, 0.25) is 0 Å². The zero-order valence-electron chi connectivity index (χ0n) is 23.6. The number of amides is 1. The summed E-state index contributed by atoms with van der Waals surface area (Å²) in [5.74, 6) is 0.523. The summed E-state index contributed by atoms with van der Waals surface area (Å²) in [5.41, 5.74) is 3.78. The van der Waals surface area contributed by atoms with Gasteiger partial charge in [-0.2, -0.15) is 0 Å². The smallest absolute Gasteiger partial charge is 0.255 e. The summed E-state index contributed by atoms with van der Waals surface area (Å²) in [4.78, 5) is 33.6. The predicted molar refractivity (Wildman–Crippen MR) is 145 cm³/mol. The molecule has 1 amide bonds. The Balaban J connectivity index is 1.35. The van der Waals surface area contributed by atoms with Gasteiger partial charge in [-0.1, -0.05) is 0 Å². The molecule has 3 heterocycles. The van der Waals surface area contributed by atoms with Gasteiger partial charge in [-0.3, -0.25) is 9.59 Å². The molecular weight excluding hydrogens is 481 g/mol. The summed E-state index contributed by atoms with van der Waals surface area (Å²) in [6, 6.07) is 2.52. The first-order chi connectivity index (χ1) is 17.9. The molecule has 1 unspecified atom stereocenters. The summed E-state index contributed by atoms with van der Waals surface area (Å²) in [6.07, 6.45) is 6.65. The van der Waals surface area contributed by atoms with E-state index in [1.54, 1.807) is 4.90 Å². The van der Waals surface area contributed by atoms with Crippen LogP contribution < -0.4 is 10.3 Å². The highest BCUT2D eigenvalue weighted by Gasteiger charge is 2.56. The molecule has 6 rings (SSSR count). The average molecular weight is 522 g/mol. The van der Waals surface area contributed by atoms with Crippen molar-refractivity contribution in [1.82, 2.24) is 14.8 Å². The van der Waals surface area contributed by atoms with E-state index in [0.717, 1.165) is 55.3 Å². The molecule has 38 heavy (non-hydrogen) atoms. The number of benzene rings is 1. The van der Waals surface area contributed by atoms with Crippen molar-refractivity contribution in [1.29, 1.82) is 0 Å². The Morgan fingerprint density at radius 2 is 1.82 bits per heavy atom. The van der Waals surface area contributed by atoms with Gasteiger partial charge < -0.3 is 19.5 Å². The monoisotopic (exact) mass is 521 g/mol. The Morgan fingerprint density at radius 3 is 2.42 bits per heavy atom. The van der Waals surface area contributed by atoms with Crippen molar-refractivity contribution in [3.8, 4) is 5.75 Å². The van der Waals surface area contributed by atoms with E-state index in [1.165, 1.54) is 0 Å². The first-order valence-electron chi connectivity index (χ1n) is 14.1. The van der Waals surface area contributed by atoms with E-state index in [-0.39, 0.29) is 29.2 Å². The molecule has 1 atom stereocenters. The number of carbonyl (C=O) groups excluding carboxylic acids is 1. The number of halogens is 1. The molecule has 7 heteroatoms. The van der Waals surface area contributed by atoms with Gasteiger partial charge in [0.2, 0.25) is 0 Å². The summed E-state index contributed by atoms with van der Waals surface area (Å²) in [5, 5.41) is 0. The normalized spacial score (nSPS) is 27.5. The molecule has 1 aromatic heterocycles. The number of hydrogen-bond donors (Lipinski definition) is 1. The quantitative estimate of drug-likeness (QED) is 0.619. The van der Waals surface area contributed by atoms with Gasteiger partial charge in [0.05, 0.1) is 12.1 Å². The number of aromatic nitrogens is 1. The number of fused-ring (bicyclic) bond motifs is 3. The number of aryl methyl sites for hydroxylation is 2. The second-order valence-electron chi connectivity index (χ2n) is 12.9. The SMILES string of the molecule is Cc1cc(C)c(CN2CC3(CC3)c3c(F)c4c(c(C)c3C2=O)OC(C)(C2CCC(N(C)C)CC2)C4)c(=O)[nH]1. The highest BCUT2D eigenvalue weighted by atomic mass is 19.1. The Bertz CT molecular complexity index is 1380. The number of rotatable bonds is 4. The largest absolute Gasteiger partial charge is 0.486 e. The number of pyridine rings is 1. The van der Waals surface area contributed by atoms with Crippen LogP contribution >= 0.6 is 0 Å². The van der Waals surface area contributed by atoms with E-state index in [1.807, 2.05) is 26.8 Å². The van der Waals surface area contributed by atoms with Gasteiger partial charge in [0.25, 0.3) is 11.5 Å². The van der Waals surface area contributed by atoms with Crippen LogP contribution in [0.25, 0.3) is 0 Å². The van der Waals surface area contributed by atoms with E-state index in [4.69, 9.17) is 4.74 Å². The third kappa shape index (κ3) is 3.83. The zero-order chi connectivity index (χ0) is 27.1. The first kappa shape index (κ1) is 25.6. The highest BCUT2D eigenvalue weighted by Crippen LogP contribution is 2.57. The van der Waals surface area contributed by atoms with Gasteiger partial charge in [0.1, 0.15) is 17.2 Å². The molecule has 2 aromatic rings. The van der Waals surface area contributed by atoms with Crippen LogP contribution in [0.4, 0.5) is 4.39 Å². The van der Waals surface area contributed by atoms with Gasteiger partial charge >= 0.3 is 0 Å². The second-order valence-corrected chi connectivity index (χ2v) is 12.9. The Hall–Kier alpha value is -2.67. The summed E-state index contributed by atoms with van der Waals surface area (Å²) in [6.45, 7) is 8.51. The van der Waals surface area contributed by atoms with Gasteiger partial charge in [0.15, 0.2) is 0 Å². The van der Waals surface area contributed by atoms with Crippen LogP contribution in [0.3, 0.4) is 0 Å². The van der Waals surface area contributed by atoms with Crippen molar-refractivity contribution in [2.45, 2.75) is 96.2 Å². The third-order valence-electron chi connectivity index (χ3n) is 10.1. The lowest BCUT2D eigenvalue weighted by Gasteiger charge is -2.40. The molecule has 1 spiro atoms. The number of aromatic amines is 1. The maximum absolute atomic E-state index is 16.4. The van der Waals surface area contributed by atoms with E-state index in [0.29, 0.717) is 52.9 Å². The van der Waals surface area contributed by atoms with Crippen molar-refractivity contribution >= 4 is 5.91 Å².